The quantitative estimate of drug-likeness (QED) is 0.852. The summed E-state index contributed by atoms with van der Waals surface area (Å²) in [4.78, 5) is 15.1. The molecule has 1 aliphatic rings. The van der Waals surface area contributed by atoms with Crippen LogP contribution in [0.15, 0.2) is 41.0 Å². The van der Waals surface area contributed by atoms with Crippen LogP contribution in [0.4, 0.5) is 5.13 Å². The first-order chi connectivity index (χ1) is 14.9. The molecular formula is C14H13N3O4S2. The van der Waals surface area contributed by atoms with Gasteiger partial charge in [-0.25, -0.2) is 13.4 Å². The van der Waals surface area contributed by atoms with Gasteiger partial charge in [0.15, 0.2) is 16.6 Å². The number of fused-ring (bicyclic) bond motifs is 1. The van der Waals surface area contributed by atoms with E-state index in [9.17, 15) is 18.3 Å². The number of hydrogen-bond acceptors (Lipinski definition) is 6. The van der Waals surface area contributed by atoms with E-state index < -0.39 is 80.1 Å². The van der Waals surface area contributed by atoms with Crippen molar-refractivity contribution in [1.82, 2.24) is 9.29 Å². The standard InChI is InChI=1S/C14H13N3O4S2/c1-8-7-15-14(22-8)16-13(19)11-12(18)9-5-3-4-6-10(9)23(20,21)17(11)2/h3-7,18H,1-2H3,(H,15,16,19)/i1D3,2D3,3D,4D,5D,6D. The topological polar surface area (TPSA) is 99.6 Å². The number of amides is 1. The number of aromatic nitrogens is 1. The summed E-state index contributed by atoms with van der Waals surface area (Å²) in [7, 11) is -5.30. The molecule has 0 saturated carbocycles. The molecule has 1 aromatic carbocycles. The van der Waals surface area contributed by atoms with E-state index in [2.05, 4.69) is 4.98 Å². The normalized spacial score (nSPS) is 23.6. The second-order valence-electron chi connectivity index (χ2n) is 4.15. The van der Waals surface area contributed by atoms with E-state index >= 15 is 0 Å². The summed E-state index contributed by atoms with van der Waals surface area (Å²) in [6.45, 7) is -6.16. The minimum atomic E-state index is -5.30. The van der Waals surface area contributed by atoms with E-state index in [0.717, 1.165) is 6.20 Å². The summed E-state index contributed by atoms with van der Waals surface area (Å²) in [5.74, 6) is -2.84. The molecule has 0 fully saturated rings. The zero-order chi connectivity index (χ0) is 25.3. The molecule has 0 unspecified atom stereocenters. The largest absolute Gasteiger partial charge is 0.505 e. The predicted molar refractivity (Wildman–Crippen MR) is 86.4 cm³/mol. The Morgan fingerprint density at radius 1 is 1.48 bits per heavy atom. The molecule has 0 atom stereocenters. The van der Waals surface area contributed by atoms with Crippen LogP contribution in [0.5, 0.6) is 0 Å². The summed E-state index contributed by atoms with van der Waals surface area (Å²) < 4.78 is 102. The first kappa shape index (κ1) is 7.45. The predicted octanol–water partition coefficient (Wildman–Crippen LogP) is 1.95. The van der Waals surface area contributed by atoms with Crippen LogP contribution in [-0.4, -0.2) is 35.7 Å². The fraction of sp³-hybridized carbons (Fsp3) is 0.143. The Balaban J connectivity index is 2.28. The van der Waals surface area contributed by atoms with Crippen LogP contribution in [0.1, 0.15) is 24.1 Å². The SMILES string of the molecule is [2H]c1c([2H])c([2H])c2c(c1[2H])C(O)=C(C(=O)Nc1ncc(C([2H])([2H])[2H])s1)N(C([2H])([2H])[2H])S2(=O)=O. The first-order valence-electron chi connectivity index (χ1n) is 10.8. The fourth-order valence-electron chi connectivity index (χ4n) is 1.78. The maximum Gasteiger partial charge on any atom is 0.278 e. The smallest absolute Gasteiger partial charge is 0.278 e. The van der Waals surface area contributed by atoms with Gasteiger partial charge in [0, 0.05) is 31.8 Å². The highest BCUT2D eigenvalue weighted by Crippen LogP contribution is 2.34. The molecule has 2 aromatic rings. The minimum absolute atomic E-state index is 0.237. The van der Waals surface area contributed by atoms with Crippen molar-refractivity contribution in [2.75, 3.05) is 12.3 Å². The average molecular weight is 361 g/mol. The minimum Gasteiger partial charge on any atom is -0.505 e. The maximum atomic E-state index is 13.1. The van der Waals surface area contributed by atoms with E-state index in [1.807, 2.05) is 5.32 Å². The molecule has 7 nitrogen and oxygen atoms in total. The van der Waals surface area contributed by atoms with Gasteiger partial charge in [-0.1, -0.05) is 12.1 Å². The molecule has 1 amide bonds. The van der Waals surface area contributed by atoms with Crippen molar-refractivity contribution in [2.45, 2.75) is 11.7 Å². The van der Waals surface area contributed by atoms with Crippen LogP contribution in [0.2, 0.25) is 0 Å². The molecule has 0 bridgehead atoms. The number of hydrogen-bond donors (Lipinski definition) is 2. The molecule has 0 saturated heterocycles. The van der Waals surface area contributed by atoms with Gasteiger partial charge in [-0.05, 0) is 18.9 Å². The summed E-state index contributed by atoms with van der Waals surface area (Å²) in [5.41, 5.74) is -2.33. The van der Waals surface area contributed by atoms with Gasteiger partial charge in [-0.2, -0.15) is 0 Å². The molecule has 2 N–H and O–H groups in total. The van der Waals surface area contributed by atoms with Crippen molar-refractivity contribution in [3.8, 4) is 0 Å². The highest BCUT2D eigenvalue weighted by molar-refractivity contribution is 7.89. The lowest BCUT2D eigenvalue weighted by atomic mass is 10.1. The maximum absolute atomic E-state index is 13.1. The Labute approximate surface area is 151 Å². The number of nitrogens with one attached hydrogen (secondary N) is 1. The fourth-order valence-corrected chi connectivity index (χ4v) is 3.52. The number of aliphatic hydroxyl groups excluding tert-OH is 1. The second kappa shape index (κ2) is 5.36. The number of rotatable bonds is 2. The highest BCUT2D eigenvalue weighted by Gasteiger charge is 2.37. The molecule has 3 rings (SSSR count). The zero-order valence-electron chi connectivity index (χ0n) is 21.0. The number of aryl methyl sites for hydroxylation is 1. The summed E-state index contributed by atoms with van der Waals surface area (Å²) in [5, 5.41) is 12.4. The highest BCUT2D eigenvalue weighted by atomic mass is 32.2. The van der Waals surface area contributed by atoms with Crippen LogP contribution >= 0.6 is 11.3 Å². The Morgan fingerprint density at radius 3 is 2.96 bits per heavy atom. The van der Waals surface area contributed by atoms with Crippen LogP contribution in [-0.2, 0) is 14.8 Å². The van der Waals surface area contributed by atoms with E-state index in [0.29, 0.717) is 11.3 Å². The van der Waals surface area contributed by atoms with Gasteiger partial charge < -0.3 is 5.11 Å². The van der Waals surface area contributed by atoms with Crippen molar-refractivity contribution in [1.29, 1.82) is 0 Å². The van der Waals surface area contributed by atoms with E-state index in [1.165, 1.54) is 0 Å². The van der Waals surface area contributed by atoms with Gasteiger partial charge in [0.1, 0.15) is 0 Å². The molecular weight excluding hydrogens is 338 g/mol. The van der Waals surface area contributed by atoms with Crippen LogP contribution in [0.3, 0.4) is 0 Å². The number of aliphatic hydroxyl groups is 1. The molecule has 2 heterocycles. The van der Waals surface area contributed by atoms with Gasteiger partial charge in [0.05, 0.1) is 10.4 Å². The number of anilines is 1. The molecule has 23 heavy (non-hydrogen) atoms. The number of benzene rings is 1. The molecule has 1 aromatic heterocycles. The Morgan fingerprint density at radius 2 is 2.26 bits per heavy atom. The molecule has 0 aliphatic carbocycles. The molecule has 1 aliphatic heterocycles. The lowest BCUT2D eigenvalue weighted by Gasteiger charge is -2.28. The summed E-state index contributed by atoms with van der Waals surface area (Å²) in [6, 6.07) is -4.06. The number of carbonyl (C=O) groups is 1. The lowest BCUT2D eigenvalue weighted by Crippen LogP contribution is -2.37. The third-order valence-electron chi connectivity index (χ3n) is 2.76. The van der Waals surface area contributed by atoms with Crippen molar-refractivity contribution >= 4 is 38.2 Å². The van der Waals surface area contributed by atoms with Crippen molar-refractivity contribution in [3.63, 3.8) is 0 Å². The van der Waals surface area contributed by atoms with Gasteiger partial charge in [-0.15, -0.1) is 11.3 Å². The Kier molecular flexibility index (Phi) is 1.74. The summed E-state index contributed by atoms with van der Waals surface area (Å²) in [6.07, 6.45) is 0.923. The van der Waals surface area contributed by atoms with Gasteiger partial charge in [-0.3, -0.25) is 14.4 Å². The Bertz CT molecular complexity index is 1310. The van der Waals surface area contributed by atoms with Gasteiger partial charge in [0.2, 0.25) is 0 Å². The molecule has 0 radical (unpaired) electrons. The third kappa shape index (κ3) is 2.47. The van der Waals surface area contributed by atoms with Gasteiger partial charge in [0.25, 0.3) is 15.9 Å². The van der Waals surface area contributed by atoms with Crippen molar-refractivity contribution < 1.29 is 32.0 Å². The second-order valence-corrected chi connectivity index (χ2v) is 6.91. The van der Waals surface area contributed by atoms with Crippen LogP contribution < -0.4 is 5.32 Å². The lowest BCUT2D eigenvalue weighted by molar-refractivity contribution is -0.113. The molecule has 9 heteroatoms. The van der Waals surface area contributed by atoms with Crippen molar-refractivity contribution in [3.05, 3.63) is 46.5 Å². The van der Waals surface area contributed by atoms with E-state index in [-0.39, 0.29) is 10.0 Å². The molecule has 120 valence electrons. The monoisotopic (exact) mass is 361 g/mol. The van der Waals surface area contributed by atoms with Crippen LogP contribution in [0.25, 0.3) is 5.76 Å². The number of carbonyl (C=O) groups excluding carboxylic acids is 1. The van der Waals surface area contributed by atoms with E-state index in [1.54, 1.807) is 0 Å². The van der Waals surface area contributed by atoms with Gasteiger partial charge >= 0.3 is 0 Å². The first-order valence-corrected chi connectivity index (χ1v) is 8.03. The number of thiazole rings is 1. The summed E-state index contributed by atoms with van der Waals surface area (Å²) >= 11 is 0.497. The number of sulfonamides is 1. The molecule has 0 spiro atoms. The number of likely N-dealkylation sites (N-methyl/N-ethyl adjacent to an activating group) is 1. The third-order valence-corrected chi connectivity index (χ3v) is 4.97. The van der Waals surface area contributed by atoms with E-state index in [4.69, 9.17) is 13.7 Å². The van der Waals surface area contributed by atoms with Crippen LogP contribution in [0, 0.1) is 6.85 Å². The van der Waals surface area contributed by atoms with Crippen molar-refractivity contribution in [2.24, 2.45) is 0 Å². The zero-order valence-corrected chi connectivity index (χ0v) is 12.6. The average Bonchev–Trinajstić information content (AvgIpc) is 3.13. The number of nitrogens with zero attached hydrogens (tertiary/aromatic N) is 2. The Hall–Kier alpha value is -2.39.